The van der Waals surface area contributed by atoms with E-state index in [4.69, 9.17) is 9.47 Å². The minimum Gasteiger partial charge on any atom is -0.380 e. The van der Waals surface area contributed by atoms with Crippen LogP contribution in [0.1, 0.15) is 71.6 Å². The Kier molecular flexibility index (Phi) is 8.67. The maximum Gasteiger partial charge on any atom is 0.154 e. The molecule has 1 saturated heterocycles. The maximum atomic E-state index is 9.81. The van der Waals surface area contributed by atoms with E-state index in [1.54, 1.807) is 0 Å². The third-order valence-corrected chi connectivity index (χ3v) is 4.20. The van der Waals surface area contributed by atoms with E-state index >= 15 is 0 Å². The molecule has 0 aromatic carbocycles. The van der Waals surface area contributed by atoms with Crippen LogP contribution in [0.3, 0.4) is 0 Å². The van der Waals surface area contributed by atoms with Crippen LogP contribution in [0.5, 0.6) is 0 Å². The predicted octanol–water partition coefficient (Wildman–Crippen LogP) is 3.89. The molecular weight excluding hydrogens is 240 g/mol. The Hall–Kier alpha value is -0.120. The van der Waals surface area contributed by atoms with E-state index in [0.717, 1.165) is 32.5 Å². The Balaban J connectivity index is 1.92. The molecule has 1 aliphatic heterocycles. The first-order valence-electron chi connectivity index (χ1n) is 8.10. The van der Waals surface area contributed by atoms with Crippen LogP contribution in [-0.2, 0) is 9.47 Å². The van der Waals surface area contributed by atoms with Gasteiger partial charge in [0.25, 0.3) is 0 Å². The fourth-order valence-corrected chi connectivity index (χ4v) is 2.41. The van der Waals surface area contributed by atoms with Crippen LogP contribution < -0.4 is 0 Å². The third-order valence-electron chi connectivity index (χ3n) is 4.20. The fraction of sp³-hybridized carbons (Fsp3) is 1.00. The zero-order valence-electron chi connectivity index (χ0n) is 12.8. The van der Waals surface area contributed by atoms with Crippen molar-refractivity contribution in [2.45, 2.75) is 77.9 Å². The van der Waals surface area contributed by atoms with Crippen molar-refractivity contribution in [2.75, 3.05) is 19.8 Å². The Bertz CT molecular complexity index is 209. The second-order valence-electron chi connectivity index (χ2n) is 6.02. The molecule has 1 heterocycles. The molecule has 1 rings (SSSR count). The number of hydrogen-bond acceptors (Lipinski definition) is 3. The first-order chi connectivity index (χ1) is 9.22. The van der Waals surface area contributed by atoms with E-state index in [9.17, 15) is 5.11 Å². The zero-order valence-corrected chi connectivity index (χ0v) is 12.8. The van der Waals surface area contributed by atoms with Crippen LogP contribution in [0.25, 0.3) is 0 Å². The molecule has 3 heteroatoms. The van der Waals surface area contributed by atoms with Gasteiger partial charge in [0.15, 0.2) is 6.29 Å². The summed E-state index contributed by atoms with van der Waals surface area (Å²) < 4.78 is 10.8. The topological polar surface area (TPSA) is 38.7 Å². The van der Waals surface area contributed by atoms with Gasteiger partial charge in [-0.15, -0.1) is 0 Å². The molecule has 0 bridgehead atoms. The lowest BCUT2D eigenvalue weighted by Gasteiger charge is -2.40. The summed E-state index contributed by atoms with van der Waals surface area (Å²) in [4.78, 5) is 0. The summed E-state index contributed by atoms with van der Waals surface area (Å²) in [6, 6.07) is 0. The smallest absolute Gasteiger partial charge is 0.154 e. The van der Waals surface area contributed by atoms with Crippen LogP contribution in [-0.4, -0.2) is 31.2 Å². The van der Waals surface area contributed by atoms with E-state index in [-0.39, 0.29) is 5.41 Å². The second kappa shape index (κ2) is 9.73. The van der Waals surface area contributed by atoms with Gasteiger partial charge < -0.3 is 14.6 Å². The molecule has 1 unspecified atom stereocenters. The third kappa shape index (κ3) is 6.73. The molecule has 0 aromatic heterocycles. The molecular formula is C16H32O3. The van der Waals surface area contributed by atoms with Gasteiger partial charge >= 0.3 is 0 Å². The molecule has 114 valence electrons. The summed E-state index contributed by atoms with van der Waals surface area (Å²) in [5, 5.41) is 9.81. The van der Waals surface area contributed by atoms with Gasteiger partial charge in [-0.2, -0.15) is 0 Å². The van der Waals surface area contributed by atoms with Crippen LogP contribution >= 0.6 is 0 Å². The number of hydrogen-bond donors (Lipinski definition) is 1. The first kappa shape index (κ1) is 16.9. The van der Waals surface area contributed by atoms with Gasteiger partial charge in [-0.3, -0.25) is 0 Å². The summed E-state index contributed by atoms with van der Waals surface area (Å²) >= 11 is 0. The highest BCUT2D eigenvalue weighted by atomic mass is 16.6. The largest absolute Gasteiger partial charge is 0.380 e. The SMILES string of the molecule is CCCCCCCCCC(O)OCC1(CC)COC1. The average Bonchev–Trinajstić information content (AvgIpc) is 2.37. The Morgan fingerprint density at radius 1 is 1.05 bits per heavy atom. The van der Waals surface area contributed by atoms with Gasteiger partial charge in [0.05, 0.1) is 19.8 Å². The van der Waals surface area contributed by atoms with E-state index in [1.165, 1.54) is 38.5 Å². The second-order valence-corrected chi connectivity index (χ2v) is 6.02. The van der Waals surface area contributed by atoms with Gasteiger partial charge in [-0.05, 0) is 19.3 Å². The van der Waals surface area contributed by atoms with Crippen molar-refractivity contribution in [3.63, 3.8) is 0 Å². The van der Waals surface area contributed by atoms with Gasteiger partial charge in [-0.25, -0.2) is 0 Å². The summed E-state index contributed by atoms with van der Waals surface area (Å²) in [5.74, 6) is 0. The molecule has 0 radical (unpaired) electrons. The average molecular weight is 272 g/mol. The van der Waals surface area contributed by atoms with Crippen LogP contribution in [0.2, 0.25) is 0 Å². The van der Waals surface area contributed by atoms with Crippen LogP contribution in [0.15, 0.2) is 0 Å². The predicted molar refractivity (Wildman–Crippen MR) is 78.1 cm³/mol. The Morgan fingerprint density at radius 3 is 2.21 bits per heavy atom. The lowest BCUT2D eigenvalue weighted by atomic mass is 9.84. The van der Waals surface area contributed by atoms with Crippen molar-refractivity contribution in [3.8, 4) is 0 Å². The summed E-state index contributed by atoms with van der Waals surface area (Å²) in [5.41, 5.74) is 0.182. The fourth-order valence-electron chi connectivity index (χ4n) is 2.41. The number of aliphatic hydroxyl groups is 1. The van der Waals surface area contributed by atoms with Crippen molar-refractivity contribution >= 4 is 0 Å². The lowest BCUT2D eigenvalue weighted by Crippen LogP contribution is -2.46. The van der Waals surface area contributed by atoms with E-state index < -0.39 is 6.29 Å². The van der Waals surface area contributed by atoms with Gasteiger partial charge in [0.2, 0.25) is 0 Å². The number of rotatable bonds is 12. The van der Waals surface area contributed by atoms with Crippen molar-refractivity contribution in [3.05, 3.63) is 0 Å². The van der Waals surface area contributed by atoms with E-state index in [2.05, 4.69) is 13.8 Å². The molecule has 0 amide bonds. The highest BCUT2D eigenvalue weighted by Crippen LogP contribution is 2.31. The number of unbranched alkanes of at least 4 members (excludes halogenated alkanes) is 6. The van der Waals surface area contributed by atoms with Crippen molar-refractivity contribution in [1.29, 1.82) is 0 Å². The van der Waals surface area contributed by atoms with Crippen molar-refractivity contribution in [1.82, 2.24) is 0 Å². The highest BCUT2D eigenvalue weighted by Gasteiger charge is 2.37. The van der Waals surface area contributed by atoms with Crippen LogP contribution in [0, 0.1) is 5.41 Å². The molecule has 0 aliphatic carbocycles. The Morgan fingerprint density at radius 2 is 1.68 bits per heavy atom. The van der Waals surface area contributed by atoms with Crippen molar-refractivity contribution in [2.24, 2.45) is 5.41 Å². The molecule has 19 heavy (non-hydrogen) atoms. The van der Waals surface area contributed by atoms with Crippen LogP contribution in [0.4, 0.5) is 0 Å². The zero-order chi connectivity index (χ0) is 14.0. The molecule has 0 saturated carbocycles. The molecule has 3 nitrogen and oxygen atoms in total. The monoisotopic (exact) mass is 272 g/mol. The summed E-state index contributed by atoms with van der Waals surface area (Å²) in [6.07, 6.45) is 10.2. The maximum absolute atomic E-state index is 9.81. The lowest BCUT2D eigenvalue weighted by molar-refractivity contribution is -0.194. The minimum atomic E-state index is -0.584. The summed E-state index contributed by atoms with van der Waals surface area (Å²) in [6.45, 7) is 6.61. The van der Waals surface area contributed by atoms with Gasteiger partial charge in [0.1, 0.15) is 0 Å². The van der Waals surface area contributed by atoms with E-state index in [1.807, 2.05) is 0 Å². The molecule has 0 spiro atoms. The summed E-state index contributed by atoms with van der Waals surface area (Å²) in [7, 11) is 0. The van der Waals surface area contributed by atoms with Crippen molar-refractivity contribution < 1.29 is 14.6 Å². The Labute approximate surface area is 118 Å². The quantitative estimate of drug-likeness (QED) is 0.433. The highest BCUT2D eigenvalue weighted by molar-refractivity contribution is 4.83. The molecule has 0 aromatic rings. The van der Waals surface area contributed by atoms with Gasteiger partial charge in [-0.1, -0.05) is 52.4 Å². The normalized spacial score (nSPS) is 19.1. The first-order valence-corrected chi connectivity index (χ1v) is 8.10. The molecule has 1 aliphatic rings. The standard InChI is InChI=1S/C16H32O3/c1-3-5-6-7-8-9-10-11-15(17)19-14-16(4-2)12-18-13-16/h15,17H,3-14H2,1-2H3. The molecule has 1 atom stereocenters. The number of ether oxygens (including phenoxy) is 2. The minimum absolute atomic E-state index is 0.182. The van der Waals surface area contributed by atoms with E-state index in [0.29, 0.717) is 6.61 Å². The molecule has 1 fully saturated rings. The van der Waals surface area contributed by atoms with Gasteiger partial charge in [0, 0.05) is 5.41 Å². The molecule has 1 N–H and O–H groups in total. The number of aliphatic hydroxyl groups excluding tert-OH is 1.